The van der Waals surface area contributed by atoms with Gasteiger partial charge in [0, 0.05) is 12.0 Å². The first-order valence-corrected chi connectivity index (χ1v) is 9.19. The number of aromatic nitrogens is 2. The van der Waals surface area contributed by atoms with Crippen molar-refractivity contribution in [1.82, 2.24) is 15.5 Å². The highest BCUT2D eigenvalue weighted by atomic mass is 16.5. The summed E-state index contributed by atoms with van der Waals surface area (Å²) in [6, 6.07) is 8.23. The second-order valence-electron chi connectivity index (χ2n) is 7.51. The summed E-state index contributed by atoms with van der Waals surface area (Å²) in [4.78, 5) is 4.50. The minimum atomic E-state index is -0.103. The van der Waals surface area contributed by atoms with Crippen LogP contribution in [0.5, 0.6) is 5.75 Å². The second kappa shape index (κ2) is 8.99. The predicted octanol–water partition coefficient (Wildman–Crippen LogP) is 4.79. The maximum absolute atomic E-state index is 5.74. The van der Waals surface area contributed by atoms with Gasteiger partial charge in [0.25, 0.3) is 0 Å². The molecule has 1 N–H and O–H groups in total. The maximum atomic E-state index is 5.74. The van der Waals surface area contributed by atoms with Gasteiger partial charge in [0.1, 0.15) is 5.75 Å². The first-order chi connectivity index (χ1) is 11.9. The molecular weight excluding hydrogens is 314 g/mol. The standard InChI is InChI=1S/C20H31N3O2/c1-6-7-8-13-24-17-11-9-16(10-12-17)14-21-15(2)18-22-19(23-25-18)20(3,4)5/h9-12,15,21H,6-8,13-14H2,1-5H3. The maximum Gasteiger partial charge on any atom is 0.243 e. The van der Waals surface area contributed by atoms with Gasteiger partial charge in [-0.3, -0.25) is 0 Å². The van der Waals surface area contributed by atoms with Crippen LogP contribution in [-0.2, 0) is 12.0 Å². The number of rotatable bonds is 9. The van der Waals surface area contributed by atoms with Crippen molar-refractivity contribution < 1.29 is 9.26 Å². The Hall–Kier alpha value is -1.88. The Labute approximate surface area is 151 Å². The van der Waals surface area contributed by atoms with E-state index in [0.29, 0.717) is 5.89 Å². The molecule has 25 heavy (non-hydrogen) atoms. The third-order valence-electron chi connectivity index (χ3n) is 4.04. The lowest BCUT2D eigenvalue weighted by Gasteiger charge is -2.12. The number of nitrogens with zero attached hydrogens (tertiary/aromatic N) is 2. The third-order valence-corrected chi connectivity index (χ3v) is 4.04. The molecule has 5 nitrogen and oxygen atoms in total. The smallest absolute Gasteiger partial charge is 0.243 e. The van der Waals surface area contributed by atoms with Crippen molar-refractivity contribution in [1.29, 1.82) is 0 Å². The molecule has 1 unspecified atom stereocenters. The third kappa shape index (κ3) is 6.16. The van der Waals surface area contributed by atoms with Crippen LogP contribution in [-0.4, -0.2) is 16.7 Å². The van der Waals surface area contributed by atoms with Gasteiger partial charge in [-0.25, -0.2) is 0 Å². The van der Waals surface area contributed by atoms with Crippen LogP contribution in [0.25, 0.3) is 0 Å². The summed E-state index contributed by atoms with van der Waals surface area (Å²) in [5.41, 5.74) is 1.09. The fraction of sp³-hybridized carbons (Fsp3) is 0.600. The largest absolute Gasteiger partial charge is 0.494 e. The first kappa shape index (κ1) is 19.4. The highest BCUT2D eigenvalue weighted by Crippen LogP contribution is 2.21. The molecule has 2 rings (SSSR count). The minimum absolute atomic E-state index is 0.00794. The SMILES string of the molecule is CCCCCOc1ccc(CNC(C)c2nc(C(C)(C)C)no2)cc1. The molecule has 138 valence electrons. The van der Waals surface area contributed by atoms with Crippen molar-refractivity contribution in [2.24, 2.45) is 0 Å². The summed E-state index contributed by atoms with van der Waals surface area (Å²) in [7, 11) is 0. The zero-order chi connectivity index (χ0) is 18.3. The molecule has 1 aromatic heterocycles. The molecule has 0 saturated heterocycles. The number of ether oxygens (including phenoxy) is 1. The van der Waals surface area contributed by atoms with Gasteiger partial charge in [-0.15, -0.1) is 0 Å². The fourth-order valence-corrected chi connectivity index (χ4v) is 2.32. The number of benzene rings is 1. The lowest BCUT2D eigenvalue weighted by Crippen LogP contribution is -2.19. The van der Waals surface area contributed by atoms with Gasteiger partial charge in [0.15, 0.2) is 5.82 Å². The Balaban J connectivity index is 1.81. The average molecular weight is 345 g/mol. The minimum Gasteiger partial charge on any atom is -0.494 e. The Morgan fingerprint density at radius 3 is 2.48 bits per heavy atom. The average Bonchev–Trinajstić information content (AvgIpc) is 3.08. The van der Waals surface area contributed by atoms with Crippen molar-refractivity contribution in [2.45, 2.75) is 71.9 Å². The molecule has 0 aliphatic rings. The Kier molecular flexibility index (Phi) is 7.00. The molecule has 0 radical (unpaired) electrons. The first-order valence-electron chi connectivity index (χ1n) is 9.19. The summed E-state index contributed by atoms with van der Waals surface area (Å²) in [5.74, 6) is 2.29. The van der Waals surface area contributed by atoms with Crippen molar-refractivity contribution in [3.8, 4) is 5.75 Å². The van der Waals surface area contributed by atoms with Gasteiger partial charge < -0.3 is 14.6 Å². The molecule has 0 saturated carbocycles. The molecule has 0 fully saturated rings. The van der Waals surface area contributed by atoms with E-state index in [-0.39, 0.29) is 11.5 Å². The van der Waals surface area contributed by atoms with Gasteiger partial charge in [0.2, 0.25) is 5.89 Å². The highest BCUT2D eigenvalue weighted by molar-refractivity contribution is 5.27. The van der Waals surface area contributed by atoms with Gasteiger partial charge in [-0.1, -0.05) is 57.8 Å². The van der Waals surface area contributed by atoms with Crippen LogP contribution in [0, 0.1) is 0 Å². The summed E-state index contributed by atoms with van der Waals surface area (Å²) >= 11 is 0. The zero-order valence-corrected chi connectivity index (χ0v) is 16.1. The van der Waals surface area contributed by atoms with Gasteiger partial charge in [-0.2, -0.15) is 4.98 Å². The molecule has 0 aliphatic heterocycles. The van der Waals surface area contributed by atoms with Crippen LogP contribution >= 0.6 is 0 Å². The topological polar surface area (TPSA) is 60.2 Å². The van der Waals surface area contributed by atoms with Gasteiger partial charge >= 0.3 is 0 Å². The summed E-state index contributed by atoms with van der Waals surface area (Å²) in [6.07, 6.45) is 3.54. The Morgan fingerprint density at radius 2 is 1.88 bits per heavy atom. The number of nitrogens with one attached hydrogen (secondary N) is 1. The molecule has 0 aliphatic carbocycles. The van der Waals surface area contributed by atoms with Crippen molar-refractivity contribution in [3.63, 3.8) is 0 Å². The zero-order valence-electron chi connectivity index (χ0n) is 16.1. The lowest BCUT2D eigenvalue weighted by molar-refractivity contribution is 0.306. The van der Waals surface area contributed by atoms with E-state index in [1.165, 1.54) is 18.4 Å². The molecule has 1 heterocycles. The van der Waals surface area contributed by atoms with E-state index in [1.54, 1.807) is 0 Å². The van der Waals surface area contributed by atoms with Crippen molar-refractivity contribution in [2.75, 3.05) is 6.61 Å². The van der Waals surface area contributed by atoms with Crippen LogP contribution in [0.4, 0.5) is 0 Å². The summed E-state index contributed by atoms with van der Waals surface area (Å²) in [5, 5.41) is 7.50. The fourth-order valence-electron chi connectivity index (χ4n) is 2.32. The number of hydrogen-bond donors (Lipinski definition) is 1. The van der Waals surface area contributed by atoms with Crippen molar-refractivity contribution in [3.05, 3.63) is 41.5 Å². The predicted molar refractivity (Wildman–Crippen MR) is 99.7 cm³/mol. The molecule has 5 heteroatoms. The normalized spacial score (nSPS) is 13.0. The summed E-state index contributed by atoms with van der Waals surface area (Å²) in [6.45, 7) is 12.0. The molecule has 0 amide bonds. The molecular formula is C20H31N3O2. The number of unbranched alkanes of at least 4 members (excludes halogenated alkanes) is 2. The van der Waals surface area contributed by atoms with E-state index < -0.39 is 0 Å². The van der Waals surface area contributed by atoms with Crippen molar-refractivity contribution >= 4 is 0 Å². The Morgan fingerprint density at radius 1 is 1.16 bits per heavy atom. The summed E-state index contributed by atoms with van der Waals surface area (Å²) < 4.78 is 11.1. The van der Waals surface area contributed by atoms with E-state index in [1.807, 2.05) is 19.1 Å². The molecule has 2 aromatic rings. The van der Waals surface area contributed by atoms with Gasteiger partial charge in [-0.05, 0) is 31.0 Å². The second-order valence-corrected chi connectivity index (χ2v) is 7.51. The molecule has 0 spiro atoms. The van der Waals surface area contributed by atoms with E-state index in [9.17, 15) is 0 Å². The number of hydrogen-bond acceptors (Lipinski definition) is 5. The van der Waals surface area contributed by atoms with E-state index in [4.69, 9.17) is 9.26 Å². The van der Waals surface area contributed by atoms with Gasteiger partial charge in [0.05, 0.1) is 12.6 Å². The highest BCUT2D eigenvalue weighted by Gasteiger charge is 2.22. The van der Waals surface area contributed by atoms with E-state index in [0.717, 1.165) is 31.1 Å². The van der Waals surface area contributed by atoms with E-state index >= 15 is 0 Å². The lowest BCUT2D eigenvalue weighted by atomic mass is 9.96. The van der Waals surface area contributed by atoms with Crippen LogP contribution in [0.3, 0.4) is 0 Å². The van der Waals surface area contributed by atoms with Crippen LogP contribution in [0.2, 0.25) is 0 Å². The van der Waals surface area contributed by atoms with Crippen LogP contribution in [0.1, 0.15) is 77.2 Å². The monoisotopic (exact) mass is 345 g/mol. The van der Waals surface area contributed by atoms with E-state index in [2.05, 4.69) is 55.3 Å². The van der Waals surface area contributed by atoms with Crippen LogP contribution < -0.4 is 10.1 Å². The Bertz CT molecular complexity index is 629. The molecule has 1 atom stereocenters. The van der Waals surface area contributed by atoms with Crippen LogP contribution in [0.15, 0.2) is 28.8 Å². The quantitative estimate of drug-likeness (QED) is 0.662. The molecule has 1 aromatic carbocycles. The molecule has 0 bridgehead atoms.